The van der Waals surface area contributed by atoms with E-state index >= 15 is 0 Å². The number of rotatable bonds is 1. The monoisotopic (exact) mass is 246 g/mol. The topological polar surface area (TPSA) is 0 Å². The molecule has 0 aromatic heterocycles. The molecule has 0 N–H and O–H groups in total. The second kappa shape index (κ2) is 5.01. The van der Waals surface area contributed by atoms with Gasteiger partial charge in [0, 0.05) is 21.7 Å². The molecule has 0 rings (SSSR count). The van der Waals surface area contributed by atoms with Crippen LogP contribution in [0, 0.1) is 45.3 Å². The maximum Gasteiger partial charge on any atom is 0.0418 e. The van der Waals surface area contributed by atoms with Crippen LogP contribution in [0.3, 0.4) is 0 Å². The van der Waals surface area contributed by atoms with Gasteiger partial charge in [0.2, 0.25) is 0 Å². The summed E-state index contributed by atoms with van der Waals surface area (Å²) in [5.74, 6) is 13.5. The molecule has 0 aliphatic carbocycles. The minimum Gasteiger partial charge on any atom is -0.0968 e. The predicted molar refractivity (Wildman–Crippen MR) is 82.0 cm³/mol. The van der Waals surface area contributed by atoms with E-state index in [1.807, 2.05) is 0 Å². The molecule has 0 heterocycles. The molecule has 0 aliphatic heterocycles. The van der Waals surface area contributed by atoms with Crippen molar-refractivity contribution >= 4 is 0 Å². The first-order valence-electron chi connectivity index (χ1n) is 6.75. The minimum atomic E-state index is -0.113. The normalized spacial score (nSPS) is 13.2. The lowest BCUT2D eigenvalue weighted by Crippen LogP contribution is -2.30. The average Bonchev–Trinajstić information content (AvgIpc) is 2.10. The minimum absolute atomic E-state index is 0.0464. The van der Waals surface area contributed by atoms with Crippen LogP contribution < -0.4 is 0 Å². The van der Waals surface area contributed by atoms with Crippen molar-refractivity contribution in [2.24, 2.45) is 21.7 Å². The first kappa shape index (κ1) is 17.1. The van der Waals surface area contributed by atoms with E-state index in [0.717, 1.165) is 0 Å². The third-order valence-corrected chi connectivity index (χ3v) is 3.06. The van der Waals surface area contributed by atoms with E-state index in [1.54, 1.807) is 0 Å². The molecule has 0 amide bonds. The summed E-state index contributed by atoms with van der Waals surface area (Å²) in [7, 11) is 0. The van der Waals surface area contributed by atoms with E-state index in [4.69, 9.17) is 0 Å². The predicted octanol–water partition coefficient (Wildman–Crippen LogP) is 5.14. The molecule has 0 saturated carbocycles. The van der Waals surface area contributed by atoms with Crippen molar-refractivity contribution < 1.29 is 0 Å². The van der Waals surface area contributed by atoms with Crippen LogP contribution >= 0.6 is 0 Å². The Morgan fingerprint density at radius 2 is 0.611 bits per heavy atom. The van der Waals surface area contributed by atoms with Gasteiger partial charge in [0.1, 0.15) is 0 Å². The van der Waals surface area contributed by atoms with Gasteiger partial charge in [-0.3, -0.25) is 0 Å². The fourth-order valence-corrected chi connectivity index (χ4v) is 1.00. The van der Waals surface area contributed by atoms with Crippen LogP contribution in [0.2, 0.25) is 0 Å². The molecule has 0 aromatic rings. The van der Waals surface area contributed by atoms with Crippen LogP contribution in [0.5, 0.6) is 0 Å². The summed E-state index contributed by atoms with van der Waals surface area (Å²) in [5.41, 5.74) is -0.132. The maximum atomic E-state index is 3.42. The van der Waals surface area contributed by atoms with Crippen molar-refractivity contribution in [1.29, 1.82) is 0 Å². The number of hydrogen-bond donors (Lipinski definition) is 0. The van der Waals surface area contributed by atoms with Gasteiger partial charge in [-0.25, -0.2) is 0 Å². The molecule has 0 saturated heterocycles. The zero-order chi connectivity index (χ0) is 14.8. The largest absolute Gasteiger partial charge is 0.0968 e. The van der Waals surface area contributed by atoms with Gasteiger partial charge >= 0.3 is 0 Å². The summed E-state index contributed by atoms with van der Waals surface area (Å²) in [6, 6.07) is 0. The van der Waals surface area contributed by atoms with E-state index in [2.05, 4.69) is 92.9 Å². The van der Waals surface area contributed by atoms with Crippen molar-refractivity contribution in [2.75, 3.05) is 0 Å². The van der Waals surface area contributed by atoms with Crippen LogP contribution in [0.25, 0.3) is 0 Å². The molecular weight excluding hydrogens is 216 g/mol. The van der Waals surface area contributed by atoms with E-state index in [-0.39, 0.29) is 21.7 Å². The lowest BCUT2D eigenvalue weighted by atomic mass is 9.68. The van der Waals surface area contributed by atoms with E-state index in [0.29, 0.717) is 0 Å². The molecule has 0 heteroatoms. The fourth-order valence-electron chi connectivity index (χ4n) is 1.00. The maximum absolute atomic E-state index is 3.42. The first-order chi connectivity index (χ1) is 7.66. The quantitative estimate of drug-likeness (QED) is 0.562. The van der Waals surface area contributed by atoms with Crippen molar-refractivity contribution in [1.82, 2.24) is 0 Å². The highest BCUT2D eigenvalue weighted by atomic mass is 14.4. The average molecular weight is 246 g/mol. The van der Waals surface area contributed by atoms with Gasteiger partial charge in [-0.2, -0.15) is 0 Å². The van der Waals surface area contributed by atoms with Crippen molar-refractivity contribution in [3.63, 3.8) is 0 Å². The van der Waals surface area contributed by atoms with Crippen molar-refractivity contribution in [2.45, 2.75) is 69.2 Å². The van der Waals surface area contributed by atoms with E-state index < -0.39 is 0 Å². The lowest BCUT2D eigenvalue weighted by molar-refractivity contribution is 0.258. The molecular formula is C18H30. The standard InChI is InChI=1S/C18H30/c1-15(2,3)11-13-17(7,8)18(9,10)14-12-16(4,5)6/h1-10H3. The molecule has 0 bridgehead atoms. The molecule has 0 fully saturated rings. The first-order valence-corrected chi connectivity index (χ1v) is 6.75. The highest BCUT2D eigenvalue weighted by Gasteiger charge is 2.34. The molecule has 0 spiro atoms. The molecule has 0 aliphatic rings. The van der Waals surface area contributed by atoms with Crippen LogP contribution in [0.4, 0.5) is 0 Å². The Morgan fingerprint density at radius 3 is 0.778 bits per heavy atom. The smallest absolute Gasteiger partial charge is 0.0418 e. The summed E-state index contributed by atoms with van der Waals surface area (Å²) < 4.78 is 0. The van der Waals surface area contributed by atoms with Crippen LogP contribution in [-0.4, -0.2) is 0 Å². The van der Waals surface area contributed by atoms with Gasteiger partial charge in [0.25, 0.3) is 0 Å². The zero-order valence-corrected chi connectivity index (χ0v) is 14.0. The Hall–Kier alpha value is -0.880. The highest BCUT2D eigenvalue weighted by Crippen LogP contribution is 2.38. The molecule has 0 aromatic carbocycles. The highest BCUT2D eigenvalue weighted by molar-refractivity contribution is 5.25. The molecule has 18 heavy (non-hydrogen) atoms. The molecule has 0 unspecified atom stereocenters. The Kier molecular flexibility index (Phi) is 4.77. The van der Waals surface area contributed by atoms with E-state index in [9.17, 15) is 0 Å². The molecule has 0 radical (unpaired) electrons. The summed E-state index contributed by atoms with van der Waals surface area (Å²) in [5, 5.41) is 0. The SMILES string of the molecule is CC(C)(C)C#CC(C)(C)C(C)(C)C#CC(C)(C)C. The number of hydrogen-bond acceptors (Lipinski definition) is 0. The Morgan fingerprint density at radius 1 is 0.389 bits per heavy atom. The van der Waals surface area contributed by atoms with Crippen molar-refractivity contribution in [3.8, 4) is 23.7 Å². The van der Waals surface area contributed by atoms with Crippen LogP contribution in [-0.2, 0) is 0 Å². The van der Waals surface area contributed by atoms with Gasteiger partial charge in [-0.1, -0.05) is 23.7 Å². The molecule has 0 atom stereocenters. The molecule has 102 valence electrons. The summed E-state index contributed by atoms with van der Waals surface area (Å²) in [6.45, 7) is 21.6. The third-order valence-electron chi connectivity index (χ3n) is 3.06. The van der Waals surface area contributed by atoms with Gasteiger partial charge in [-0.15, -0.1) is 0 Å². The van der Waals surface area contributed by atoms with Crippen LogP contribution in [0.1, 0.15) is 69.2 Å². The van der Waals surface area contributed by atoms with Gasteiger partial charge in [0.15, 0.2) is 0 Å². The van der Waals surface area contributed by atoms with Gasteiger partial charge in [-0.05, 0) is 69.2 Å². The Balaban J connectivity index is 5.30. The van der Waals surface area contributed by atoms with Gasteiger partial charge < -0.3 is 0 Å². The summed E-state index contributed by atoms with van der Waals surface area (Å²) in [6.07, 6.45) is 0. The van der Waals surface area contributed by atoms with Crippen LogP contribution in [0.15, 0.2) is 0 Å². The van der Waals surface area contributed by atoms with Gasteiger partial charge in [0.05, 0.1) is 0 Å². The zero-order valence-electron chi connectivity index (χ0n) is 14.0. The summed E-state index contributed by atoms with van der Waals surface area (Å²) >= 11 is 0. The molecule has 0 nitrogen and oxygen atoms in total. The lowest BCUT2D eigenvalue weighted by Gasteiger charge is -2.34. The van der Waals surface area contributed by atoms with Crippen molar-refractivity contribution in [3.05, 3.63) is 0 Å². The second-order valence-electron chi connectivity index (χ2n) is 8.25. The van der Waals surface area contributed by atoms with E-state index in [1.165, 1.54) is 0 Å². The Bertz CT molecular complexity index is 355. The Labute approximate surface area is 115 Å². The second-order valence-corrected chi connectivity index (χ2v) is 8.25. The fraction of sp³-hybridized carbons (Fsp3) is 0.778. The summed E-state index contributed by atoms with van der Waals surface area (Å²) in [4.78, 5) is 0. The third kappa shape index (κ3) is 6.16.